The summed E-state index contributed by atoms with van der Waals surface area (Å²) in [6.07, 6.45) is 3.94. The van der Waals surface area contributed by atoms with E-state index in [-0.39, 0.29) is 5.78 Å². The van der Waals surface area contributed by atoms with E-state index in [0.717, 1.165) is 23.2 Å². The summed E-state index contributed by atoms with van der Waals surface area (Å²) in [6.45, 7) is 5.32. The Bertz CT molecular complexity index is 656. The average molecular weight is 293 g/mol. The molecule has 1 aliphatic rings. The number of nitrogens with zero attached hydrogens (tertiary/aromatic N) is 1. The van der Waals surface area contributed by atoms with Gasteiger partial charge in [0, 0.05) is 17.7 Å². The topological polar surface area (TPSA) is 20.3 Å². The van der Waals surface area contributed by atoms with Crippen LogP contribution in [0.4, 0.5) is 0 Å². The Morgan fingerprint density at radius 2 is 1.64 bits per heavy atom. The van der Waals surface area contributed by atoms with Gasteiger partial charge in [-0.25, -0.2) is 0 Å². The summed E-state index contributed by atoms with van der Waals surface area (Å²) in [4.78, 5) is 15.1. The third-order valence-corrected chi connectivity index (χ3v) is 4.32. The summed E-state index contributed by atoms with van der Waals surface area (Å²) in [6, 6.07) is 15.9. The van der Waals surface area contributed by atoms with Crippen LogP contribution in [0.3, 0.4) is 0 Å². The van der Waals surface area contributed by atoms with E-state index in [1.54, 1.807) is 0 Å². The van der Waals surface area contributed by atoms with E-state index < -0.39 is 0 Å². The molecule has 2 nitrogen and oxygen atoms in total. The van der Waals surface area contributed by atoms with Gasteiger partial charge in [0.1, 0.15) is 0 Å². The molecule has 22 heavy (non-hydrogen) atoms. The number of benzene rings is 2. The Kier molecular flexibility index (Phi) is 4.69. The van der Waals surface area contributed by atoms with Crippen molar-refractivity contribution in [3.8, 4) is 0 Å². The molecule has 0 aromatic heterocycles. The van der Waals surface area contributed by atoms with E-state index in [4.69, 9.17) is 0 Å². The minimum absolute atomic E-state index is 0.115. The first-order chi connectivity index (χ1) is 10.7. The zero-order chi connectivity index (χ0) is 15.4. The highest BCUT2D eigenvalue weighted by atomic mass is 16.1. The number of carbonyl (C=O) groups excluding carboxylic acids is 1. The first-order valence-corrected chi connectivity index (χ1v) is 8.15. The van der Waals surface area contributed by atoms with Crippen molar-refractivity contribution in [1.29, 1.82) is 0 Å². The molecule has 114 valence electrons. The maximum atomic E-state index is 12.6. The second-order valence-corrected chi connectivity index (χ2v) is 6.24. The fourth-order valence-corrected chi connectivity index (χ4v) is 3.14. The molecule has 0 saturated carbocycles. The summed E-state index contributed by atoms with van der Waals surface area (Å²) in [5.74, 6) is 0.115. The van der Waals surface area contributed by atoms with Crippen LogP contribution in [-0.2, 0) is 6.54 Å². The van der Waals surface area contributed by atoms with Gasteiger partial charge in [-0.05, 0) is 50.6 Å². The molecule has 0 atom stereocenters. The summed E-state index contributed by atoms with van der Waals surface area (Å²) < 4.78 is 0. The number of hydrogen-bond acceptors (Lipinski definition) is 2. The highest BCUT2D eigenvalue weighted by molar-refractivity contribution is 6.09. The van der Waals surface area contributed by atoms with Crippen molar-refractivity contribution in [3.63, 3.8) is 0 Å². The third kappa shape index (κ3) is 3.63. The molecule has 1 saturated heterocycles. The lowest BCUT2D eigenvalue weighted by molar-refractivity contribution is 0.103. The summed E-state index contributed by atoms with van der Waals surface area (Å²) in [5, 5.41) is 0. The zero-order valence-corrected chi connectivity index (χ0v) is 13.2. The van der Waals surface area contributed by atoms with Crippen LogP contribution in [-0.4, -0.2) is 23.8 Å². The Morgan fingerprint density at radius 1 is 0.955 bits per heavy atom. The molecular weight excluding hydrogens is 270 g/mol. The maximum absolute atomic E-state index is 12.6. The largest absolute Gasteiger partial charge is 0.299 e. The molecule has 2 heteroatoms. The molecule has 1 aliphatic heterocycles. The van der Waals surface area contributed by atoms with Gasteiger partial charge in [0.25, 0.3) is 0 Å². The molecule has 1 heterocycles. The van der Waals surface area contributed by atoms with Gasteiger partial charge in [0.15, 0.2) is 5.78 Å². The highest BCUT2D eigenvalue weighted by Gasteiger charge is 2.13. The molecule has 0 radical (unpaired) electrons. The van der Waals surface area contributed by atoms with Gasteiger partial charge in [0.05, 0.1) is 0 Å². The average Bonchev–Trinajstić information content (AvgIpc) is 2.55. The summed E-state index contributed by atoms with van der Waals surface area (Å²) in [5.41, 5.74) is 3.92. The van der Waals surface area contributed by atoms with Gasteiger partial charge in [-0.15, -0.1) is 0 Å². The van der Waals surface area contributed by atoms with Crippen LogP contribution in [0.25, 0.3) is 0 Å². The Morgan fingerprint density at radius 3 is 2.36 bits per heavy atom. The van der Waals surface area contributed by atoms with Gasteiger partial charge in [-0.2, -0.15) is 0 Å². The van der Waals surface area contributed by atoms with E-state index in [1.807, 2.05) is 43.3 Å². The van der Waals surface area contributed by atoms with E-state index >= 15 is 0 Å². The molecule has 1 fully saturated rings. The minimum Gasteiger partial charge on any atom is -0.299 e. The van der Waals surface area contributed by atoms with Gasteiger partial charge in [-0.3, -0.25) is 9.69 Å². The zero-order valence-electron chi connectivity index (χ0n) is 13.2. The Balaban J connectivity index is 1.76. The molecule has 0 unspecified atom stereocenters. The van der Waals surface area contributed by atoms with Crippen molar-refractivity contribution in [2.24, 2.45) is 0 Å². The van der Waals surface area contributed by atoms with Crippen molar-refractivity contribution >= 4 is 5.78 Å². The van der Waals surface area contributed by atoms with Gasteiger partial charge in [-0.1, -0.05) is 48.4 Å². The van der Waals surface area contributed by atoms with E-state index in [1.165, 1.54) is 37.9 Å². The number of hydrogen-bond donors (Lipinski definition) is 0. The Hall–Kier alpha value is -1.93. The van der Waals surface area contributed by atoms with Crippen LogP contribution in [0, 0.1) is 6.92 Å². The van der Waals surface area contributed by atoms with Crippen molar-refractivity contribution in [2.75, 3.05) is 13.1 Å². The smallest absolute Gasteiger partial charge is 0.193 e. The standard InChI is InChI=1S/C20H23NO/c1-16-7-5-9-18(13-16)20(22)19-10-6-8-17(14-19)15-21-11-3-2-4-12-21/h5-10,13-14H,2-4,11-12,15H2,1H3. The van der Waals surface area contributed by atoms with E-state index in [2.05, 4.69) is 17.0 Å². The number of likely N-dealkylation sites (tertiary alicyclic amines) is 1. The molecule has 2 aromatic rings. The molecule has 0 N–H and O–H groups in total. The Labute approximate surface area is 132 Å². The second-order valence-electron chi connectivity index (χ2n) is 6.24. The molecule has 0 bridgehead atoms. The van der Waals surface area contributed by atoms with Gasteiger partial charge in [0.2, 0.25) is 0 Å². The maximum Gasteiger partial charge on any atom is 0.193 e. The predicted molar refractivity (Wildman–Crippen MR) is 90.2 cm³/mol. The lowest BCUT2D eigenvalue weighted by Crippen LogP contribution is -2.29. The lowest BCUT2D eigenvalue weighted by atomic mass is 9.99. The van der Waals surface area contributed by atoms with E-state index in [9.17, 15) is 4.79 Å². The number of piperidine rings is 1. The van der Waals surface area contributed by atoms with Crippen LogP contribution < -0.4 is 0 Å². The SMILES string of the molecule is Cc1cccc(C(=O)c2cccc(CN3CCCCC3)c2)c1. The number of carbonyl (C=O) groups is 1. The molecule has 0 spiro atoms. The normalized spacial score (nSPS) is 15.7. The van der Waals surface area contributed by atoms with Gasteiger partial charge < -0.3 is 0 Å². The van der Waals surface area contributed by atoms with Crippen molar-refractivity contribution in [2.45, 2.75) is 32.7 Å². The molecule has 0 amide bonds. The fourth-order valence-electron chi connectivity index (χ4n) is 3.14. The highest BCUT2D eigenvalue weighted by Crippen LogP contribution is 2.16. The van der Waals surface area contributed by atoms with Crippen molar-refractivity contribution < 1.29 is 4.79 Å². The molecule has 0 aliphatic carbocycles. The second kappa shape index (κ2) is 6.89. The van der Waals surface area contributed by atoms with Crippen LogP contribution in [0.2, 0.25) is 0 Å². The van der Waals surface area contributed by atoms with Crippen LogP contribution >= 0.6 is 0 Å². The molecule has 3 rings (SSSR count). The summed E-state index contributed by atoms with van der Waals surface area (Å²) >= 11 is 0. The van der Waals surface area contributed by atoms with Gasteiger partial charge >= 0.3 is 0 Å². The predicted octanol–water partition coefficient (Wildman–Crippen LogP) is 4.21. The lowest BCUT2D eigenvalue weighted by Gasteiger charge is -2.26. The number of aryl methyl sites for hydroxylation is 1. The monoisotopic (exact) mass is 293 g/mol. The van der Waals surface area contributed by atoms with Crippen LogP contribution in [0.5, 0.6) is 0 Å². The number of rotatable bonds is 4. The van der Waals surface area contributed by atoms with Crippen LogP contribution in [0.15, 0.2) is 48.5 Å². The van der Waals surface area contributed by atoms with Crippen molar-refractivity contribution in [1.82, 2.24) is 4.90 Å². The number of ketones is 1. The van der Waals surface area contributed by atoms with Crippen molar-refractivity contribution in [3.05, 3.63) is 70.8 Å². The van der Waals surface area contributed by atoms with Crippen LogP contribution in [0.1, 0.15) is 46.3 Å². The first-order valence-electron chi connectivity index (χ1n) is 8.15. The van der Waals surface area contributed by atoms with E-state index in [0.29, 0.717) is 0 Å². The summed E-state index contributed by atoms with van der Waals surface area (Å²) in [7, 11) is 0. The quantitative estimate of drug-likeness (QED) is 0.787. The fraction of sp³-hybridized carbons (Fsp3) is 0.350. The molecular formula is C20H23NO. The molecule has 2 aromatic carbocycles. The first kappa shape index (κ1) is 15.0. The third-order valence-electron chi connectivity index (χ3n) is 4.32. The minimum atomic E-state index is 0.115.